The molecule has 1 aliphatic heterocycles. The molecule has 3 rings (SSSR count). The van der Waals surface area contributed by atoms with Crippen LogP contribution in [0.3, 0.4) is 0 Å². The van der Waals surface area contributed by atoms with Crippen molar-refractivity contribution in [3.05, 3.63) is 58.5 Å². The number of anilines is 1. The predicted molar refractivity (Wildman–Crippen MR) is 106 cm³/mol. The van der Waals surface area contributed by atoms with Crippen molar-refractivity contribution in [2.45, 2.75) is 25.7 Å². The van der Waals surface area contributed by atoms with E-state index in [4.69, 9.17) is 11.6 Å². The second kappa shape index (κ2) is 9.11. The predicted octanol–water partition coefficient (Wildman–Crippen LogP) is 2.77. The maximum absolute atomic E-state index is 14.3. The van der Waals surface area contributed by atoms with Gasteiger partial charge in [-0.25, -0.2) is 9.37 Å². The van der Waals surface area contributed by atoms with E-state index in [1.54, 1.807) is 0 Å². The van der Waals surface area contributed by atoms with Crippen molar-refractivity contribution in [1.82, 2.24) is 15.2 Å². The SMILES string of the molecule is CC(=O)NC[C@@H]1C(=O)N(c2ncc(Cl)cc2F)CC(=O)N1Cc1ccc(C(F)(F)F)cc1. The van der Waals surface area contributed by atoms with Crippen LogP contribution < -0.4 is 10.2 Å². The number of carbonyl (C=O) groups is 3. The largest absolute Gasteiger partial charge is 0.416 e. The summed E-state index contributed by atoms with van der Waals surface area (Å²) in [6.07, 6.45) is -3.39. The minimum Gasteiger partial charge on any atom is -0.354 e. The molecular formula is C20H17ClF4N4O3. The summed E-state index contributed by atoms with van der Waals surface area (Å²) in [6.45, 7) is 0.221. The van der Waals surface area contributed by atoms with Crippen LogP contribution >= 0.6 is 11.6 Å². The molecule has 1 N–H and O–H groups in total. The van der Waals surface area contributed by atoms with Gasteiger partial charge in [0, 0.05) is 26.2 Å². The Balaban J connectivity index is 1.89. The topological polar surface area (TPSA) is 82.6 Å². The average molecular weight is 473 g/mol. The van der Waals surface area contributed by atoms with E-state index in [9.17, 15) is 31.9 Å². The Morgan fingerprint density at radius 1 is 1.25 bits per heavy atom. The zero-order valence-electron chi connectivity index (χ0n) is 16.6. The van der Waals surface area contributed by atoms with Crippen LogP contribution in [-0.2, 0) is 27.1 Å². The highest BCUT2D eigenvalue weighted by Crippen LogP contribution is 2.30. The van der Waals surface area contributed by atoms with Crippen LogP contribution in [0.25, 0.3) is 0 Å². The number of piperazine rings is 1. The summed E-state index contributed by atoms with van der Waals surface area (Å²) in [4.78, 5) is 43.1. The van der Waals surface area contributed by atoms with Crippen LogP contribution in [0.2, 0.25) is 5.02 Å². The van der Waals surface area contributed by atoms with Crippen LogP contribution in [-0.4, -0.2) is 46.7 Å². The second-order valence-electron chi connectivity index (χ2n) is 7.05. The third-order valence-electron chi connectivity index (χ3n) is 4.76. The van der Waals surface area contributed by atoms with Crippen molar-refractivity contribution in [3.8, 4) is 0 Å². The molecule has 2 aromatic rings. The van der Waals surface area contributed by atoms with Crippen LogP contribution in [0.15, 0.2) is 36.5 Å². The van der Waals surface area contributed by atoms with Gasteiger partial charge in [-0.05, 0) is 23.8 Å². The van der Waals surface area contributed by atoms with Gasteiger partial charge in [-0.15, -0.1) is 0 Å². The first-order chi connectivity index (χ1) is 15.0. The number of nitrogens with zero attached hydrogens (tertiary/aromatic N) is 3. The lowest BCUT2D eigenvalue weighted by Crippen LogP contribution is -2.63. The molecule has 1 aromatic carbocycles. The molecule has 1 aromatic heterocycles. The number of rotatable bonds is 5. The number of hydrogen-bond donors (Lipinski definition) is 1. The summed E-state index contributed by atoms with van der Waals surface area (Å²) in [5.74, 6) is -3.08. The summed E-state index contributed by atoms with van der Waals surface area (Å²) in [5.41, 5.74) is -0.510. The molecular weight excluding hydrogens is 456 g/mol. The van der Waals surface area contributed by atoms with E-state index >= 15 is 0 Å². The molecule has 3 amide bonds. The lowest BCUT2D eigenvalue weighted by Gasteiger charge is -2.40. The molecule has 2 heterocycles. The highest BCUT2D eigenvalue weighted by molar-refractivity contribution is 6.30. The minimum atomic E-state index is -4.51. The Morgan fingerprint density at radius 3 is 2.47 bits per heavy atom. The van der Waals surface area contributed by atoms with E-state index in [0.29, 0.717) is 5.56 Å². The molecule has 170 valence electrons. The number of pyridine rings is 1. The number of nitrogens with one attached hydrogen (secondary N) is 1. The molecule has 0 bridgehead atoms. The smallest absolute Gasteiger partial charge is 0.354 e. The third kappa shape index (κ3) is 5.16. The molecule has 0 spiro atoms. The van der Waals surface area contributed by atoms with Gasteiger partial charge in [-0.2, -0.15) is 13.2 Å². The Labute approximate surface area is 185 Å². The summed E-state index contributed by atoms with van der Waals surface area (Å²) < 4.78 is 52.7. The minimum absolute atomic E-state index is 0.000705. The molecule has 7 nitrogen and oxygen atoms in total. The summed E-state index contributed by atoms with van der Waals surface area (Å²) in [6, 6.07) is 3.85. The molecule has 1 fully saturated rings. The zero-order chi connectivity index (χ0) is 23.6. The molecule has 1 aliphatic rings. The van der Waals surface area contributed by atoms with Crippen molar-refractivity contribution in [2.24, 2.45) is 0 Å². The normalized spacial score (nSPS) is 17.0. The van der Waals surface area contributed by atoms with Crippen LogP contribution in [0.1, 0.15) is 18.1 Å². The number of benzene rings is 1. The maximum atomic E-state index is 14.3. The van der Waals surface area contributed by atoms with E-state index in [1.165, 1.54) is 19.1 Å². The fourth-order valence-corrected chi connectivity index (χ4v) is 3.35. The standard InChI is InChI=1S/C20H17ClF4N4O3/c1-11(30)26-8-16-19(32)29(18-15(22)6-14(21)7-27-18)10-17(31)28(16)9-12-2-4-13(5-3-12)20(23,24)25/h2-7,16H,8-10H2,1H3,(H,26,30)/t16-/m1/s1. The first-order valence-electron chi connectivity index (χ1n) is 9.30. The van der Waals surface area contributed by atoms with E-state index in [2.05, 4.69) is 10.3 Å². The van der Waals surface area contributed by atoms with Gasteiger partial charge in [0.15, 0.2) is 11.6 Å². The van der Waals surface area contributed by atoms with Crippen LogP contribution in [0.5, 0.6) is 0 Å². The Bertz CT molecular complexity index is 1050. The monoisotopic (exact) mass is 472 g/mol. The van der Waals surface area contributed by atoms with Crippen molar-refractivity contribution in [1.29, 1.82) is 0 Å². The van der Waals surface area contributed by atoms with Gasteiger partial charge in [-0.1, -0.05) is 23.7 Å². The van der Waals surface area contributed by atoms with Crippen LogP contribution in [0.4, 0.5) is 23.4 Å². The van der Waals surface area contributed by atoms with Gasteiger partial charge in [0.25, 0.3) is 5.91 Å². The zero-order valence-corrected chi connectivity index (χ0v) is 17.4. The quantitative estimate of drug-likeness (QED) is 0.678. The fraction of sp³-hybridized carbons (Fsp3) is 0.300. The van der Waals surface area contributed by atoms with Gasteiger partial charge < -0.3 is 10.2 Å². The number of alkyl halides is 3. The third-order valence-corrected chi connectivity index (χ3v) is 4.97. The summed E-state index contributed by atoms with van der Waals surface area (Å²) >= 11 is 5.69. The number of aromatic nitrogens is 1. The van der Waals surface area contributed by atoms with E-state index in [1.807, 2.05) is 0 Å². The highest BCUT2D eigenvalue weighted by Gasteiger charge is 2.41. The molecule has 1 saturated heterocycles. The Hall–Kier alpha value is -3.21. The van der Waals surface area contributed by atoms with Crippen molar-refractivity contribution in [3.63, 3.8) is 0 Å². The van der Waals surface area contributed by atoms with Gasteiger partial charge in [0.1, 0.15) is 12.6 Å². The molecule has 0 saturated carbocycles. The molecule has 0 aliphatic carbocycles. The summed E-state index contributed by atoms with van der Waals surface area (Å²) in [7, 11) is 0. The van der Waals surface area contributed by atoms with Gasteiger partial charge in [-0.3, -0.25) is 19.3 Å². The van der Waals surface area contributed by atoms with Crippen molar-refractivity contribution in [2.75, 3.05) is 18.0 Å². The van der Waals surface area contributed by atoms with Crippen molar-refractivity contribution >= 4 is 35.1 Å². The van der Waals surface area contributed by atoms with E-state index in [0.717, 1.165) is 34.2 Å². The Kier molecular flexibility index (Phi) is 6.68. The maximum Gasteiger partial charge on any atom is 0.416 e. The molecule has 0 unspecified atom stereocenters. The molecule has 32 heavy (non-hydrogen) atoms. The number of amides is 3. The van der Waals surface area contributed by atoms with Crippen molar-refractivity contribution < 1.29 is 31.9 Å². The van der Waals surface area contributed by atoms with Gasteiger partial charge in [0.2, 0.25) is 11.8 Å². The highest BCUT2D eigenvalue weighted by atomic mass is 35.5. The molecule has 12 heteroatoms. The van der Waals surface area contributed by atoms with Gasteiger partial charge >= 0.3 is 6.18 Å². The van der Waals surface area contributed by atoms with Crippen LogP contribution in [0, 0.1) is 5.82 Å². The lowest BCUT2D eigenvalue weighted by atomic mass is 10.1. The second-order valence-corrected chi connectivity index (χ2v) is 7.49. The first kappa shape index (κ1) is 23.5. The molecule has 1 atom stereocenters. The number of halogens is 5. The summed E-state index contributed by atoms with van der Waals surface area (Å²) in [5, 5.41) is 2.44. The van der Waals surface area contributed by atoms with Gasteiger partial charge in [0.05, 0.1) is 10.6 Å². The van der Waals surface area contributed by atoms with E-state index < -0.39 is 53.7 Å². The first-order valence-corrected chi connectivity index (χ1v) is 9.67. The Morgan fingerprint density at radius 2 is 1.91 bits per heavy atom. The fourth-order valence-electron chi connectivity index (χ4n) is 3.21. The number of hydrogen-bond acceptors (Lipinski definition) is 4. The van der Waals surface area contributed by atoms with E-state index in [-0.39, 0.29) is 18.1 Å². The average Bonchev–Trinajstić information content (AvgIpc) is 2.70. The molecule has 0 radical (unpaired) electrons. The number of carbonyl (C=O) groups excluding carboxylic acids is 3. The lowest BCUT2D eigenvalue weighted by molar-refractivity contribution is -0.144.